The van der Waals surface area contributed by atoms with Crippen molar-refractivity contribution < 1.29 is 9.18 Å². The van der Waals surface area contributed by atoms with Crippen LogP contribution in [0.1, 0.15) is 23.2 Å². The summed E-state index contributed by atoms with van der Waals surface area (Å²) in [5, 5.41) is 3.47. The molecule has 1 aromatic carbocycles. The second-order valence-electron chi connectivity index (χ2n) is 5.28. The van der Waals surface area contributed by atoms with Gasteiger partial charge in [0.15, 0.2) is 0 Å². The lowest BCUT2D eigenvalue weighted by Gasteiger charge is -2.35. The molecule has 2 fully saturated rings. The Hall–Kier alpha value is -1.13. The van der Waals surface area contributed by atoms with Crippen LogP contribution in [0.4, 0.5) is 4.39 Å². The minimum Gasteiger partial charge on any atom is -0.338 e. The molecule has 0 aliphatic carbocycles. The number of halogens is 2. The lowest BCUT2D eigenvalue weighted by molar-refractivity contribution is 0.0662. The SMILES string of the molecule is O=C(c1ccc(F)c(Cl)c1)N1CCC2NCCC2C1. The topological polar surface area (TPSA) is 32.3 Å². The predicted octanol–water partition coefficient (Wildman–Crippen LogP) is 2.30. The van der Waals surface area contributed by atoms with Crippen molar-refractivity contribution in [2.75, 3.05) is 19.6 Å². The first-order valence-corrected chi connectivity index (χ1v) is 7.00. The molecule has 1 amide bonds. The Kier molecular flexibility index (Phi) is 3.46. The van der Waals surface area contributed by atoms with Crippen LogP contribution >= 0.6 is 11.6 Å². The van der Waals surface area contributed by atoms with Crippen molar-refractivity contribution in [1.29, 1.82) is 0 Å². The molecule has 5 heteroatoms. The number of benzene rings is 1. The molecule has 19 heavy (non-hydrogen) atoms. The number of nitrogens with zero attached hydrogens (tertiary/aromatic N) is 1. The third-order valence-electron chi connectivity index (χ3n) is 4.11. The van der Waals surface area contributed by atoms with Gasteiger partial charge in [-0.2, -0.15) is 0 Å². The molecule has 0 saturated carbocycles. The zero-order valence-electron chi connectivity index (χ0n) is 10.5. The van der Waals surface area contributed by atoms with Crippen LogP contribution in [0.15, 0.2) is 18.2 Å². The minimum atomic E-state index is -0.489. The van der Waals surface area contributed by atoms with E-state index in [-0.39, 0.29) is 10.9 Å². The molecule has 0 aromatic heterocycles. The summed E-state index contributed by atoms with van der Waals surface area (Å²) in [4.78, 5) is 14.2. The van der Waals surface area contributed by atoms with E-state index in [1.54, 1.807) is 0 Å². The first-order valence-electron chi connectivity index (χ1n) is 6.63. The third-order valence-corrected chi connectivity index (χ3v) is 4.40. The van der Waals surface area contributed by atoms with Gasteiger partial charge in [-0.1, -0.05) is 11.6 Å². The fourth-order valence-corrected chi connectivity index (χ4v) is 3.22. The van der Waals surface area contributed by atoms with Gasteiger partial charge in [0.2, 0.25) is 0 Å². The van der Waals surface area contributed by atoms with Crippen LogP contribution < -0.4 is 5.32 Å². The number of hydrogen-bond donors (Lipinski definition) is 1. The van der Waals surface area contributed by atoms with E-state index >= 15 is 0 Å². The van der Waals surface area contributed by atoms with Crippen LogP contribution in [0, 0.1) is 11.7 Å². The van der Waals surface area contributed by atoms with Gasteiger partial charge in [-0.05, 0) is 43.5 Å². The van der Waals surface area contributed by atoms with Crippen molar-refractivity contribution in [1.82, 2.24) is 10.2 Å². The van der Waals surface area contributed by atoms with Gasteiger partial charge in [0.25, 0.3) is 5.91 Å². The van der Waals surface area contributed by atoms with E-state index in [9.17, 15) is 9.18 Å². The molecule has 0 bridgehead atoms. The summed E-state index contributed by atoms with van der Waals surface area (Å²) in [6.07, 6.45) is 2.12. The molecule has 2 aliphatic heterocycles. The zero-order chi connectivity index (χ0) is 13.4. The van der Waals surface area contributed by atoms with Gasteiger partial charge in [0.05, 0.1) is 5.02 Å². The Morgan fingerprint density at radius 1 is 1.42 bits per heavy atom. The molecule has 2 atom stereocenters. The Morgan fingerprint density at radius 2 is 2.26 bits per heavy atom. The molecule has 3 rings (SSSR count). The van der Waals surface area contributed by atoms with E-state index in [1.807, 2.05) is 4.90 Å². The Balaban J connectivity index is 1.74. The number of carbonyl (C=O) groups is 1. The van der Waals surface area contributed by atoms with Gasteiger partial charge >= 0.3 is 0 Å². The molecule has 2 saturated heterocycles. The highest BCUT2D eigenvalue weighted by Crippen LogP contribution is 2.26. The first-order chi connectivity index (χ1) is 9.15. The van der Waals surface area contributed by atoms with Gasteiger partial charge in [0.1, 0.15) is 5.82 Å². The van der Waals surface area contributed by atoms with Crippen molar-refractivity contribution in [2.45, 2.75) is 18.9 Å². The van der Waals surface area contributed by atoms with E-state index in [1.165, 1.54) is 18.2 Å². The van der Waals surface area contributed by atoms with Crippen LogP contribution in [-0.4, -0.2) is 36.5 Å². The van der Waals surface area contributed by atoms with Crippen molar-refractivity contribution in [3.8, 4) is 0 Å². The number of piperidine rings is 1. The highest BCUT2D eigenvalue weighted by molar-refractivity contribution is 6.31. The fraction of sp³-hybridized carbons (Fsp3) is 0.500. The van der Waals surface area contributed by atoms with Crippen LogP contribution in [0.25, 0.3) is 0 Å². The standard InChI is InChI=1S/C14H16ClFN2O/c15-11-7-9(1-2-12(11)16)14(19)18-6-4-13-10(8-18)3-5-17-13/h1-2,7,10,13,17H,3-6,8H2. The van der Waals surface area contributed by atoms with Crippen LogP contribution in [0.2, 0.25) is 5.02 Å². The molecule has 1 N–H and O–H groups in total. The number of amides is 1. The maximum Gasteiger partial charge on any atom is 0.253 e. The molecule has 102 valence electrons. The Morgan fingerprint density at radius 3 is 3.05 bits per heavy atom. The minimum absolute atomic E-state index is 0.00303. The molecule has 2 aliphatic rings. The first kappa shape index (κ1) is 12.9. The number of likely N-dealkylation sites (tertiary alicyclic amines) is 1. The average molecular weight is 283 g/mol. The quantitative estimate of drug-likeness (QED) is 0.857. The summed E-state index contributed by atoms with van der Waals surface area (Å²) >= 11 is 5.73. The predicted molar refractivity (Wildman–Crippen MR) is 71.8 cm³/mol. The second-order valence-corrected chi connectivity index (χ2v) is 5.69. The number of rotatable bonds is 1. The highest BCUT2D eigenvalue weighted by Gasteiger charge is 2.34. The summed E-state index contributed by atoms with van der Waals surface area (Å²) in [6, 6.07) is 4.72. The lowest BCUT2D eigenvalue weighted by Crippen LogP contribution is -2.46. The largest absolute Gasteiger partial charge is 0.338 e. The van der Waals surface area contributed by atoms with Gasteiger partial charge in [0, 0.05) is 24.7 Å². The fourth-order valence-electron chi connectivity index (χ4n) is 3.04. The molecule has 0 radical (unpaired) electrons. The summed E-state index contributed by atoms with van der Waals surface area (Å²) in [5.74, 6) is 0.0118. The maximum absolute atomic E-state index is 13.1. The molecule has 1 aromatic rings. The average Bonchev–Trinajstić information content (AvgIpc) is 2.88. The van der Waals surface area contributed by atoms with Crippen molar-refractivity contribution in [3.05, 3.63) is 34.6 Å². The molecule has 2 heterocycles. The molecular formula is C14H16ClFN2O. The third kappa shape index (κ3) is 2.47. The summed E-state index contributed by atoms with van der Waals surface area (Å²) in [6.45, 7) is 2.58. The molecule has 0 spiro atoms. The summed E-state index contributed by atoms with van der Waals surface area (Å²) in [7, 11) is 0. The van der Waals surface area contributed by atoms with Crippen molar-refractivity contribution >= 4 is 17.5 Å². The van der Waals surface area contributed by atoms with Crippen molar-refractivity contribution in [2.24, 2.45) is 5.92 Å². The zero-order valence-corrected chi connectivity index (χ0v) is 11.3. The van der Waals surface area contributed by atoms with E-state index in [0.717, 1.165) is 32.5 Å². The van der Waals surface area contributed by atoms with E-state index in [2.05, 4.69) is 5.32 Å². The van der Waals surface area contributed by atoms with Gasteiger partial charge in [-0.15, -0.1) is 0 Å². The smallest absolute Gasteiger partial charge is 0.253 e. The monoisotopic (exact) mass is 282 g/mol. The number of hydrogen-bond acceptors (Lipinski definition) is 2. The number of nitrogens with one attached hydrogen (secondary N) is 1. The van der Waals surface area contributed by atoms with Crippen LogP contribution in [-0.2, 0) is 0 Å². The second kappa shape index (κ2) is 5.10. The molecule has 3 nitrogen and oxygen atoms in total. The molecule has 2 unspecified atom stereocenters. The van der Waals surface area contributed by atoms with Gasteiger partial charge < -0.3 is 10.2 Å². The summed E-state index contributed by atoms with van der Waals surface area (Å²) in [5.41, 5.74) is 0.468. The van der Waals surface area contributed by atoms with Gasteiger partial charge in [-0.3, -0.25) is 4.79 Å². The van der Waals surface area contributed by atoms with Crippen LogP contribution in [0.3, 0.4) is 0 Å². The number of carbonyl (C=O) groups excluding carboxylic acids is 1. The molecular weight excluding hydrogens is 267 g/mol. The van der Waals surface area contributed by atoms with E-state index in [4.69, 9.17) is 11.6 Å². The Bertz CT molecular complexity index is 508. The lowest BCUT2D eigenvalue weighted by atomic mass is 9.93. The van der Waals surface area contributed by atoms with Crippen LogP contribution in [0.5, 0.6) is 0 Å². The maximum atomic E-state index is 13.1. The van der Waals surface area contributed by atoms with Gasteiger partial charge in [-0.25, -0.2) is 4.39 Å². The Labute approximate surface area is 116 Å². The normalized spacial score (nSPS) is 26.3. The highest BCUT2D eigenvalue weighted by atomic mass is 35.5. The van der Waals surface area contributed by atoms with E-state index < -0.39 is 5.82 Å². The summed E-state index contributed by atoms with van der Waals surface area (Å²) < 4.78 is 13.1. The van der Waals surface area contributed by atoms with Crippen molar-refractivity contribution in [3.63, 3.8) is 0 Å². The number of fused-ring (bicyclic) bond motifs is 1. The van der Waals surface area contributed by atoms with E-state index in [0.29, 0.717) is 17.5 Å².